The Labute approximate surface area is 95.2 Å². The van der Waals surface area contributed by atoms with E-state index in [0.717, 1.165) is 17.7 Å². The zero-order valence-corrected chi connectivity index (χ0v) is 9.39. The van der Waals surface area contributed by atoms with E-state index in [1.54, 1.807) is 10.6 Å². The fraction of sp³-hybridized carbons (Fsp3) is 0.214. The molecular weight excluding hydrogens is 198 g/mol. The van der Waals surface area contributed by atoms with Gasteiger partial charge in [0.2, 0.25) is 0 Å². The van der Waals surface area contributed by atoms with Gasteiger partial charge in [0, 0.05) is 23.9 Å². The molecule has 82 valence electrons. The first-order valence-corrected chi connectivity index (χ1v) is 5.41. The highest BCUT2D eigenvalue weighted by atomic mass is 16.1. The van der Waals surface area contributed by atoms with Gasteiger partial charge in [0.25, 0.3) is 5.56 Å². The van der Waals surface area contributed by atoms with Crippen molar-refractivity contribution < 1.29 is 0 Å². The molecule has 0 bridgehead atoms. The van der Waals surface area contributed by atoms with Gasteiger partial charge in [-0.1, -0.05) is 24.3 Å². The Balaban J connectivity index is 2.54. The highest BCUT2D eigenvalue weighted by Gasteiger charge is 2.14. The molecule has 0 N–H and O–H groups in total. The SMILES string of the molecule is C=CC1CC=CC=C1n1cc(C)ccc1=O. The van der Waals surface area contributed by atoms with Gasteiger partial charge >= 0.3 is 0 Å². The number of allylic oxidation sites excluding steroid dienone is 5. The van der Waals surface area contributed by atoms with Crippen LogP contribution in [0.3, 0.4) is 0 Å². The number of rotatable bonds is 2. The molecule has 1 heterocycles. The van der Waals surface area contributed by atoms with E-state index in [0.29, 0.717) is 0 Å². The first kappa shape index (κ1) is 10.7. The van der Waals surface area contributed by atoms with Gasteiger partial charge < -0.3 is 0 Å². The second-order valence-corrected chi connectivity index (χ2v) is 4.01. The number of aromatic nitrogens is 1. The molecule has 0 saturated heterocycles. The van der Waals surface area contributed by atoms with E-state index in [2.05, 4.69) is 12.7 Å². The minimum absolute atomic E-state index is 0.0130. The second kappa shape index (κ2) is 4.35. The summed E-state index contributed by atoms with van der Waals surface area (Å²) in [6.45, 7) is 5.81. The fourth-order valence-corrected chi connectivity index (χ4v) is 1.91. The lowest BCUT2D eigenvalue weighted by Crippen LogP contribution is -2.22. The van der Waals surface area contributed by atoms with E-state index < -0.39 is 0 Å². The molecule has 1 aromatic rings. The van der Waals surface area contributed by atoms with Crippen molar-refractivity contribution in [1.29, 1.82) is 0 Å². The summed E-state index contributed by atoms with van der Waals surface area (Å²) >= 11 is 0. The lowest BCUT2D eigenvalue weighted by Gasteiger charge is -2.20. The van der Waals surface area contributed by atoms with Crippen LogP contribution in [0.25, 0.3) is 5.70 Å². The minimum Gasteiger partial charge on any atom is -0.287 e. The molecule has 0 amide bonds. The summed E-state index contributed by atoms with van der Waals surface area (Å²) in [5.74, 6) is 0.226. The predicted molar refractivity (Wildman–Crippen MR) is 67.2 cm³/mol. The maximum Gasteiger partial charge on any atom is 0.254 e. The molecule has 0 spiro atoms. The minimum atomic E-state index is 0.0130. The van der Waals surface area contributed by atoms with Crippen molar-refractivity contribution in [3.8, 4) is 0 Å². The number of nitrogens with zero attached hydrogens (tertiary/aromatic N) is 1. The zero-order valence-electron chi connectivity index (χ0n) is 9.39. The molecule has 2 heteroatoms. The van der Waals surface area contributed by atoms with Gasteiger partial charge in [-0.3, -0.25) is 9.36 Å². The molecule has 0 radical (unpaired) electrons. The van der Waals surface area contributed by atoms with Crippen molar-refractivity contribution in [3.05, 3.63) is 65.1 Å². The average molecular weight is 213 g/mol. The summed E-state index contributed by atoms with van der Waals surface area (Å²) in [4.78, 5) is 11.8. The van der Waals surface area contributed by atoms with Crippen LogP contribution in [-0.4, -0.2) is 4.57 Å². The van der Waals surface area contributed by atoms with Gasteiger partial charge in [-0.25, -0.2) is 0 Å². The van der Waals surface area contributed by atoms with Gasteiger partial charge in [-0.05, 0) is 25.0 Å². The molecular formula is C14H15NO. The molecule has 1 atom stereocenters. The van der Waals surface area contributed by atoms with E-state index in [-0.39, 0.29) is 11.5 Å². The van der Waals surface area contributed by atoms with Crippen LogP contribution in [0.15, 0.2) is 54.0 Å². The smallest absolute Gasteiger partial charge is 0.254 e. The molecule has 0 fully saturated rings. The van der Waals surface area contributed by atoms with Crippen LogP contribution in [0.1, 0.15) is 12.0 Å². The van der Waals surface area contributed by atoms with Gasteiger partial charge in [0.15, 0.2) is 0 Å². The lowest BCUT2D eigenvalue weighted by molar-refractivity contribution is 0.773. The second-order valence-electron chi connectivity index (χ2n) is 4.01. The maximum absolute atomic E-state index is 11.8. The fourth-order valence-electron chi connectivity index (χ4n) is 1.91. The first-order chi connectivity index (χ1) is 7.72. The molecule has 0 aromatic carbocycles. The number of pyridine rings is 1. The summed E-state index contributed by atoms with van der Waals surface area (Å²) in [6.07, 6.45) is 10.8. The Morgan fingerprint density at radius 3 is 3.06 bits per heavy atom. The van der Waals surface area contributed by atoms with Crippen LogP contribution < -0.4 is 5.56 Å². The third kappa shape index (κ3) is 1.91. The van der Waals surface area contributed by atoms with Crippen molar-refractivity contribution in [2.75, 3.05) is 0 Å². The largest absolute Gasteiger partial charge is 0.287 e. The van der Waals surface area contributed by atoms with Gasteiger partial charge in [0.1, 0.15) is 0 Å². The standard InChI is InChI=1S/C14H15NO/c1-3-12-6-4-5-7-13(12)15-10-11(2)8-9-14(15)16/h3-5,7-10,12H,1,6H2,2H3. The van der Waals surface area contributed by atoms with Crippen molar-refractivity contribution >= 4 is 5.70 Å². The van der Waals surface area contributed by atoms with Gasteiger partial charge in [-0.2, -0.15) is 0 Å². The monoisotopic (exact) mass is 213 g/mol. The predicted octanol–water partition coefficient (Wildman–Crippen LogP) is 2.76. The van der Waals surface area contributed by atoms with Gasteiger partial charge in [0.05, 0.1) is 0 Å². The molecule has 0 saturated carbocycles. The molecule has 0 aliphatic heterocycles. The summed E-state index contributed by atoms with van der Waals surface area (Å²) in [5, 5.41) is 0. The Bertz CT molecular complexity index is 520. The third-order valence-corrected chi connectivity index (χ3v) is 2.79. The molecule has 16 heavy (non-hydrogen) atoms. The molecule has 1 aromatic heterocycles. The van der Waals surface area contributed by atoms with E-state index in [4.69, 9.17) is 0 Å². The topological polar surface area (TPSA) is 22.0 Å². The van der Waals surface area contributed by atoms with Crippen molar-refractivity contribution in [2.45, 2.75) is 13.3 Å². The van der Waals surface area contributed by atoms with Crippen LogP contribution in [0.4, 0.5) is 0 Å². The quantitative estimate of drug-likeness (QED) is 0.692. The molecule has 2 nitrogen and oxygen atoms in total. The number of hydrogen-bond donors (Lipinski definition) is 0. The Morgan fingerprint density at radius 1 is 1.50 bits per heavy atom. The van der Waals surface area contributed by atoms with Crippen LogP contribution in [0.5, 0.6) is 0 Å². The summed E-state index contributed by atoms with van der Waals surface area (Å²) < 4.78 is 1.71. The van der Waals surface area contributed by atoms with Crippen LogP contribution in [0, 0.1) is 12.8 Å². The molecule has 2 rings (SSSR count). The lowest BCUT2D eigenvalue weighted by atomic mass is 9.96. The van der Waals surface area contributed by atoms with Crippen molar-refractivity contribution in [1.82, 2.24) is 4.57 Å². The van der Waals surface area contributed by atoms with Crippen LogP contribution >= 0.6 is 0 Å². The Hall–Kier alpha value is -1.83. The van der Waals surface area contributed by atoms with Crippen LogP contribution in [0.2, 0.25) is 0 Å². The van der Waals surface area contributed by atoms with Crippen molar-refractivity contribution in [2.24, 2.45) is 5.92 Å². The average Bonchev–Trinajstić information content (AvgIpc) is 2.32. The zero-order chi connectivity index (χ0) is 11.5. The molecule has 1 aliphatic carbocycles. The Morgan fingerprint density at radius 2 is 2.31 bits per heavy atom. The van der Waals surface area contributed by atoms with E-state index in [1.165, 1.54) is 0 Å². The summed E-state index contributed by atoms with van der Waals surface area (Å²) in [7, 11) is 0. The van der Waals surface area contributed by atoms with Crippen LogP contribution in [-0.2, 0) is 0 Å². The number of hydrogen-bond acceptors (Lipinski definition) is 1. The maximum atomic E-state index is 11.8. The summed E-state index contributed by atoms with van der Waals surface area (Å²) in [6, 6.07) is 3.44. The van der Waals surface area contributed by atoms with Gasteiger partial charge in [-0.15, -0.1) is 6.58 Å². The Kier molecular flexibility index (Phi) is 2.91. The molecule has 1 aliphatic rings. The highest BCUT2D eigenvalue weighted by Crippen LogP contribution is 2.24. The third-order valence-electron chi connectivity index (χ3n) is 2.79. The molecule has 1 unspecified atom stereocenters. The van der Waals surface area contributed by atoms with Crippen molar-refractivity contribution in [3.63, 3.8) is 0 Å². The van der Waals surface area contributed by atoms with E-state index >= 15 is 0 Å². The first-order valence-electron chi connectivity index (χ1n) is 5.41. The van der Waals surface area contributed by atoms with E-state index in [9.17, 15) is 4.79 Å². The normalized spacial score (nSPS) is 19.3. The number of aryl methyl sites for hydroxylation is 1. The highest BCUT2D eigenvalue weighted by molar-refractivity contribution is 5.55. The summed E-state index contributed by atoms with van der Waals surface area (Å²) in [5.41, 5.74) is 2.10. The van der Waals surface area contributed by atoms with E-state index in [1.807, 2.05) is 37.4 Å².